The van der Waals surface area contributed by atoms with E-state index in [4.69, 9.17) is 0 Å². The summed E-state index contributed by atoms with van der Waals surface area (Å²) in [5.74, 6) is 1.03. The third-order valence-electron chi connectivity index (χ3n) is 3.80. The van der Waals surface area contributed by atoms with Gasteiger partial charge in [0.15, 0.2) is 0 Å². The van der Waals surface area contributed by atoms with Crippen LogP contribution in [0.25, 0.3) is 0 Å². The number of aryl methyl sites for hydroxylation is 3. The van der Waals surface area contributed by atoms with Crippen LogP contribution in [-0.4, -0.2) is 21.9 Å². The van der Waals surface area contributed by atoms with E-state index in [0.29, 0.717) is 23.4 Å². The molecular weight excluding hydrogens is 288 g/mol. The number of hydrogen-bond donors (Lipinski definition) is 2. The van der Waals surface area contributed by atoms with Gasteiger partial charge in [-0.25, -0.2) is 9.97 Å². The first-order valence-corrected chi connectivity index (χ1v) is 7.90. The summed E-state index contributed by atoms with van der Waals surface area (Å²) in [5.41, 5.74) is 3.26. The summed E-state index contributed by atoms with van der Waals surface area (Å²) in [4.78, 5) is 21.2. The second-order valence-corrected chi connectivity index (χ2v) is 5.86. The molecule has 0 saturated heterocycles. The topological polar surface area (TPSA) is 66.9 Å². The van der Waals surface area contributed by atoms with Crippen molar-refractivity contribution in [1.82, 2.24) is 9.97 Å². The number of benzene rings is 1. The molecule has 2 aromatic rings. The molecule has 0 radical (unpaired) electrons. The largest absolute Gasteiger partial charge is 0.368 e. The van der Waals surface area contributed by atoms with Crippen LogP contribution in [0.4, 0.5) is 11.5 Å². The van der Waals surface area contributed by atoms with Crippen LogP contribution in [0.15, 0.2) is 24.3 Å². The van der Waals surface area contributed by atoms with Gasteiger partial charge in [-0.2, -0.15) is 0 Å². The number of nitrogens with zero attached hydrogens (tertiary/aromatic N) is 2. The summed E-state index contributed by atoms with van der Waals surface area (Å²) < 4.78 is 0. The van der Waals surface area contributed by atoms with Crippen LogP contribution in [0.2, 0.25) is 0 Å². The third-order valence-corrected chi connectivity index (χ3v) is 3.80. The van der Waals surface area contributed by atoms with Crippen molar-refractivity contribution in [3.63, 3.8) is 0 Å². The van der Waals surface area contributed by atoms with Crippen molar-refractivity contribution in [3.05, 3.63) is 46.9 Å². The van der Waals surface area contributed by atoms with Gasteiger partial charge < -0.3 is 10.6 Å². The minimum Gasteiger partial charge on any atom is -0.368 e. The number of anilines is 2. The summed E-state index contributed by atoms with van der Waals surface area (Å²) in [5, 5.41) is 6.24. The molecule has 0 aliphatic carbocycles. The smallest absolute Gasteiger partial charge is 0.274 e. The Morgan fingerprint density at radius 2 is 1.83 bits per heavy atom. The van der Waals surface area contributed by atoms with Gasteiger partial charge in [-0.3, -0.25) is 4.79 Å². The monoisotopic (exact) mass is 312 g/mol. The summed E-state index contributed by atoms with van der Waals surface area (Å²) in [6.45, 7) is 9.92. The molecule has 23 heavy (non-hydrogen) atoms. The van der Waals surface area contributed by atoms with Crippen molar-refractivity contribution < 1.29 is 4.79 Å². The second kappa shape index (κ2) is 7.22. The Morgan fingerprint density at radius 3 is 2.43 bits per heavy atom. The molecule has 1 heterocycles. The van der Waals surface area contributed by atoms with E-state index in [1.165, 1.54) is 0 Å². The normalized spacial score (nSPS) is 11.9. The van der Waals surface area contributed by atoms with Gasteiger partial charge in [-0.1, -0.05) is 25.1 Å². The number of para-hydroxylation sites is 1. The van der Waals surface area contributed by atoms with E-state index in [0.717, 1.165) is 23.2 Å². The molecule has 1 aromatic heterocycles. The van der Waals surface area contributed by atoms with Crippen LogP contribution in [0.5, 0.6) is 0 Å². The molecule has 2 rings (SSSR count). The lowest BCUT2D eigenvalue weighted by atomic mass is 10.1. The van der Waals surface area contributed by atoms with E-state index >= 15 is 0 Å². The highest BCUT2D eigenvalue weighted by molar-refractivity contribution is 6.04. The van der Waals surface area contributed by atoms with E-state index in [9.17, 15) is 4.79 Å². The van der Waals surface area contributed by atoms with Crippen LogP contribution in [0, 0.1) is 20.8 Å². The maximum absolute atomic E-state index is 12.5. The molecule has 0 aliphatic rings. The number of carbonyl (C=O) groups is 1. The van der Waals surface area contributed by atoms with Crippen LogP contribution < -0.4 is 10.6 Å². The van der Waals surface area contributed by atoms with Crippen LogP contribution >= 0.6 is 0 Å². The van der Waals surface area contributed by atoms with E-state index in [1.807, 2.05) is 32.0 Å². The van der Waals surface area contributed by atoms with Gasteiger partial charge in [0.05, 0.1) is 0 Å². The summed E-state index contributed by atoms with van der Waals surface area (Å²) in [6, 6.07) is 7.91. The molecule has 122 valence electrons. The van der Waals surface area contributed by atoms with E-state index in [-0.39, 0.29) is 5.91 Å². The van der Waals surface area contributed by atoms with Gasteiger partial charge in [0, 0.05) is 17.8 Å². The number of carbonyl (C=O) groups excluding carboxylic acids is 1. The molecule has 1 atom stereocenters. The first-order chi connectivity index (χ1) is 10.9. The Hall–Kier alpha value is -2.43. The van der Waals surface area contributed by atoms with Gasteiger partial charge in [-0.05, 0) is 45.2 Å². The maximum atomic E-state index is 12.5. The molecule has 1 unspecified atom stereocenters. The number of nitrogens with one attached hydrogen (secondary N) is 2. The number of rotatable bonds is 5. The van der Waals surface area contributed by atoms with Gasteiger partial charge >= 0.3 is 0 Å². The molecule has 0 fully saturated rings. The molecule has 0 aliphatic heterocycles. The summed E-state index contributed by atoms with van der Waals surface area (Å²) in [6.07, 6.45) is 0.979. The van der Waals surface area contributed by atoms with E-state index < -0.39 is 0 Å². The van der Waals surface area contributed by atoms with Gasteiger partial charge in [0.2, 0.25) is 0 Å². The zero-order valence-corrected chi connectivity index (χ0v) is 14.4. The average molecular weight is 312 g/mol. The van der Waals surface area contributed by atoms with Gasteiger partial charge in [0.25, 0.3) is 5.91 Å². The van der Waals surface area contributed by atoms with Crippen molar-refractivity contribution >= 4 is 17.4 Å². The van der Waals surface area contributed by atoms with E-state index in [2.05, 4.69) is 34.4 Å². The lowest BCUT2D eigenvalue weighted by Crippen LogP contribution is -2.19. The molecule has 5 nitrogen and oxygen atoms in total. The van der Waals surface area contributed by atoms with Crippen LogP contribution in [0.3, 0.4) is 0 Å². The zero-order valence-electron chi connectivity index (χ0n) is 14.4. The first kappa shape index (κ1) is 16.9. The van der Waals surface area contributed by atoms with Crippen molar-refractivity contribution in [2.75, 3.05) is 10.6 Å². The highest BCUT2D eigenvalue weighted by Gasteiger charge is 2.13. The van der Waals surface area contributed by atoms with Gasteiger partial charge in [-0.15, -0.1) is 0 Å². The Balaban J connectivity index is 2.25. The SMILES string of the molecule is CCC(C)Nc1cc(C(=O)Nc2c(C)cccc2C)nc(C)n1. The average Bonchev–Trinajstić information content (AvgIpc) is 2.50. The fourth-order valence-electron chi connectivity index (χ4n) is 2.30. The zero-order chi connectivity index (χ0) is 17.0. The minimum absolute atomic E-state index is 0.222. The predicted molar refractivity (Wildman–Crippen MR) is 94.0 cm³/mol. The van der Waals surface area contributed by atoms with Crippen molar-refractivity contribution in [1.29, 1.82) is 0 Å². The Morgan fingerprint density at radius 1 is 1.17 bits per heavy atom. The number of hydrogen-bond acceptors (Lipinski definition) is 4. The molecule has 0 bridgehead atoms. The second-order valence-electron chi connectivity index (χ2n) is 5.86. The fourth-order valence-corrected chi connectivity index (χ4v) is 2.30. The standard InChI is InChI=1S/C18H24N4O/c1-6-13(4)19-16-10-15(20-14(5)21-16)18(23)22-17-11(2)8-7-9-12(17)3/h7-10,13H,6H2,1-5H3,(H,22,23)(H,19,20,21). The molecular formula is C18H24N4O. The molecule has 0 spiro atoms. The Kier molecular flexibility index (Phi) is 5.32. The predicted octanol–water partition coefficient (Wildman–Crippen LogP) is 3.86. The fraction of sp³-hybridized carbons (Fsp3) is 0.389. The highest BCUT2D eigenvalue weighted by Crippen LogP contribution is 2.20. The number of aromatic nitrogens is 2. The molecule has 0 saturated carbocycles. The maximum Gasteiger partial charge on any atom is 0.274 e. The number of amides is 1. The Bertz CT molecular complexity index is 692. The van der Waals surface area contributed by atoms with Crippen LogP contribution in [-0.2, 0) is 0 Å². The highest BCUT2D eigenvalue weighted by atomic mass is 16.1. The minimum atomic E-state index is -0.222. The quantitative estimate of drug-likeness (QED) is 0.879. The van der Waals surface area contributed by atoms with E-state index in [1.54, 1.807) is 13.0 Å². The van der Waals surface area contributed by atoms with Crippen molar-refractivity contribution in [2.45, 2.75) is 47.1 Å². The molecule has 5 heteroatoms. The van der Waals surface area contributed by atoms with Crippen molar-refractivity contribution in [2.24, 2.45) is 0 Å². The lowest BCUT2D eigenvalue weighted by Gasteiger charge is -2.14. The molecule has 2 N–H and O–H groups in total. The third kappa shape index (κ3) is 4.28. The molecule has 1 amide bonds. The van der Waals surface area contributed by atoms with Crippen LogP contribution in [0.1, 0.15) is 47.7 Å². The summed E-state index contributed by atoms with van der Waals surface area (Å²) >= 11 is 0. The van der Waals surface area contributed by atoms with Gasteiger partial charge in [0.1, 0.15) is 17.3 Å². The molecule has 1 aromatic carbocycles. The summed E-state index contributed by atoms with van der Waals surface area (Å²) in [7, 11) is 0. The Labute approximate surface area is 137 Å². The first-order valence-electron chi connectivity index (χ1n) is 7.90. The lowest BCUT2D eigenvalue weighted by molar-refractivity contribution is 0.102. The van der Waals surface area contributed by atoms with Crippen molar-refractivity contribution in [3.8, 4) is 0 Å².